The van der Waals surface area contributed by atoms with Gasteiger partial charge in [-0.05, 0) is 48.7 Å². The van der Waals surface area contributed by atoms with Crippen molar-refractivity contribution in [3.63, 3.8) is 0 Å². The molecule has 0 aliphatic rings. The monoisotopic (exact) mass is 490 g/mol. The Morgan fingerprint density at radius 1 is 1.04 bits per heavy atom. The molecule has 2 aromatic carbocycles. The first-order chi connectivity index (χ1) is 13.3. The molecule has 6 heteroatoms. The minimum Gasteiger partial charge on any atom is -0.497 e. The van der Waals surface area contributed by atoms with E-state index >= 15 is 0 Å². The van der Waals surface area contributed by atoms with Gasteiger partial charge < -0.3 is 15.4 Å². The van der Waals surface area contributed by atoms with E-state index in [4.69, 9.17) is 9.73 Å². The fourth-order valence-corrected chi connectivity index (χ4v) is 2.92. The van der Waals surface area contributed by atoms with Crippen LogP contribution < -0.4 is 15.4 Å². The Labute approximate surface area is 183 Å². The molecule has 2 N–H and O–H groups in total. The van der Waals surface area contributed by atoms with Crippen molar-refractivity contribution in [2.24, 2.45) is 4.99 Å². The lowest BCUT2D eigenvalue weighted by Gasteiger charge is -2.12. The van der Waals surface area contributed by atoms with Crippen molar-refractivity contribution >= 4 is 40.8 Å². The molecule has 0 bridgehead atoms. The van der Waals surface area contributed by atoms with E-state index in [1.807, 2.05) is 42.6 Å². The molecule has 1 aromatic heterocycles. The van der Waals surface area contributed by atoms with Crippen molar-refractivity contribution in [3.8, 4) is 5.75 Å². The molecule has 0 amide bonds. The molecular weight excluding hydrogens is 463 g/mol. The van der Waals surface area contributed by atoms with Crippen LogP contribution >= 0.6 is 24.0 Å². The van der Waals surface area contributed by atoms with Crippen LogP contribution in [-0.4, -0.2) is 31.1 Å². The second kappa shape index (κ2) is 11.5. The average Bonchev–Trinajstić information content (AvgIpc) is 2.72. The number of para-hydroxylation sites is 1. The van der Waals surface area contributed by atoms with Gasteiger partial charge in [-0.15, -0.1) is 24.0 Å². The quantitative estimate of drug-likeness (QED) is 0.297. The predicted molar refractivity (Wildman–Crippen MR) is 127 cm³/mol. The summed E-state index contributed by atoms with van der Waals surface area (Å²) in [5.41, 5.74) is 3.44. The summed E-state index contributed by atoms with van der Waals surface area (Å²) in [6.45, 7) is 4.32. The summed E-state index contributed by atoms with van der Waals surface area (Å²) in [6.07, 6.45) is 2.77. The predicted octanol–water partition coefficient (Wildman–Crippen LogP) is 4.16. The van der Waals surface area contributed by atoms with E-state index in [-0.39, 0.29) is 24.0 Å². The van der Waals surface area contributed by atoms with Crippen LogP contribution in [0.2, 0.25) is 0 Å². The number of benzene rings is 2. The van der Waals surface area contributed by atoms with Gasteiger partial charge in [0, 0.05) is 24.7 Å². The molecular formula is C22H27IN4O. The molecule has 3 aromatic rings. The maximum absolute atomic E-state index is 5.20. The first-order valence-electron chi connectivity index (χ1n) is 9.28. The summed E-state index contributed by atoms with van der Waals surface area (Å²) < 4.78 is 5.20. The molecule has 0 fully saturated rings. The Morgan fingerprint density at radius 3 is 2.57 bits per heavy atom. The summed E-state index contributed by atoms with van der Waals surface area (Å²) in [4.78, 5) is 9.15. The summed E-state index contributed by atoms with van der Waals surface area (Å²) >= 11 is 0. The highest BCUT2D eigenvalue weighted by Gasteiger charge is 2.02. The van der Waals surface area contributed by atoms with Crippen molar-refractivity contribution in [2.75, 3.05) is 20.2 Å². The van der Waals surface area contributed by atoms with Gasteiger partial charge in [0.15, 0.2) is 5.96 Å². The molecule has 0 saturated carbocycles. The summed E-state index contributed by atoms with van der Waals surface area (Å²) in [5, 5.41) is 7.87. The maximum atomic E-state index is 5.20. The minimum atomic E-state index is 0. The second-order valence-electron chi connectivity index (χ2n) is 6.21. The molecule has 0 spiro atoms. The van der Waals surface area contributed by atoms with Crippen LogP contribution in [-0.2, 0) is 13.0 Å². The van der Waals surface area contributed by atoms with Crippen molar-refractivity contribution < 1.29 is 4.74 Å². The molecule has 5 nitrogen and oxygen atoms in total. The lowest BCUT2D eigenvalue weighted by Crippen LogP contribution is -2.38. The maximum Gasteiger partial charge on any atom is 0.191 e. The van der Waals surface area contributed by atoms with Gasteiger partial charge in [-0.3, -0.25) is 4.98 Å². The zero-order valence-electron chi connectivity index (χ0n) is 16.3. The number of halogens is 1. The first-order valence-corrected chi connectivity index (χ1v) is 9.28. The number of aromatic nitrogens is 1. The zero-order valence-corrected chi connectivity index (χ0v) is 18.6. The molecule has 3 rings (SSSR count). The molecule has 0 radical (unpaired) electrons. The molecule has 148 valence electrons. The average molecular weight is 490 g/mol. The number of ether oxygens (including phenoxy) is 1. The highest BCUT2D eigenvalue weighted by Crippen LogP contribution is 2.16. The smallest absolute Gasteiger partial charge is 0.191 e. The molecule has 0 saturated heterocycles. The van der Waals surface area contributed by atoms with Gasteiger partial charge in [-0.1, -0.05) is 30.3 Å². The van der Waals surface area contributed by atoms with Crippen LogP contribution in [0, 0.1) is 0 Å². The van der Waals surface area contributed by atoms with Gasteiger partial charge in [0.25, 0.3) is 0 Å². The van der Waals surface area contributed by atoms with Crippen LogP contribution in [0.5, 0.6) is 5.75 Å². The molecule has 0 aliphatic heterocycles. The molecule has 0 atom stereocenters. The van der Waals surface area contributed by atoms with Crippen LogP contribution in [0.1, 0.15) is 18.1 Å². The van der Waals surface area contributed by atoms with Crippen molar-refractivity contribution in [1.82, 2.24) is 15.6 Å². The van der Waals surface area contributed by atoms with E-state index in [9.17, 15) is 0 Å². The first kappa shape index (κ1) is 21.9. The number of rotatable bonds is 7. The summed E-state index contributed by atoms with van der Waals surface area (Å²) in [6, 6.07) is 18.4. The Kier molecular flexibility index (Phi) is 9.00. The molecule has 0 aliphatic carbocycles. The summed E-state index contributed by atoms with van der Waals surface area (Å²) in [5.74, 6) is 1.71. The number of nitrogens with zero attached hydrogens (tertiary/aromatic N) is 2. The van der Waals surface area contributed by atoms with E-state index in [2.05, 4.69) is 40.7 Å². The zero-order chi connectivity index (χ0) is 18.9. The van der Waals surface area contributed by atoms with E-state index in [0.29, 0.717) is 6.54 Å². The number of nitrogens with one attached hydrogen (secondary N) is 2. The number of guanidine groups is 1. The van der Waals surface area contributed by atoms with Gasteiger partial charge in [0.2, 0.25) is 0 Å². The van der Waals surface area contributed by atoms with E-state index in [0.717, 1.165) is 42.1 Å². The van der Waals surface area contributed by atoms with Gasteiger partial charge >= 0.3 is 0 Å². The van der Waals surface area contributed by atoms with Crippen molar-refractivity contribution in [1.29, 1.82) is 0 Å². The standard InChI is InChI=1S/C22H26N4O.HI/c1-3-23-22(25-14-12-17-8-10-19(27-2)11-9-17)26-16-18-13-15-24-21-7-5-4-6-20(18)21;/h4-11,13,15H,3,12,14,16H2,1-2H3,(H2,23,25,26);1H. The lowest BCUT2D eigenvalue weighted by atomic mass is 10.1. The lowest BCUT2D eigenvalue weighted by molar-refractivity contribution is 0.414. The Morgan fingerprint density at radius 2 is 1.82 bits per heavy atom. The third-order valence-electron chi connectivity index (χ3n) is 4.36. The van der Waals surface area contributed by atoms with Gasteiger partial charge in [-0.25, -0.2) is 4.99 Å². The fourth-order valence-electron chi connectivity index (χ4n) is 2.92. The Bertz CT molecular complexity index is 891. The van der Waals surface area contributed by atoms with Crippen molar-refractivity contribution in [3.05, 3.63) is 71.9 Å². The van der Waals surface area contributed by atoms with Crippen LogP contribution in [0.4, 0.5) is 0 Å². The molecule has 28 heavy (non-hydrogen) atoms. The van der Waals surface area contributed by atoms with Crippen LogP contribution in [0.15, 0.2) is 65.8 Å². The van der Waals surface area contributed by atoms with E-state index < -0.39 is 0 Å². The number of pyridine rings is 1. The molecule has 0 unspecified atom stereocenters. The van der Waals surface area contributed by atoms with E-state index in [1.165, 1.54) is 11.1 Å². The summed E-state index contributed by atoms with van der Waals surface area (Å²) in [7, 11) is 1.68. The number of methoxy groups -OCH3 is 1. The van der Waals surface area contributed by atoms with Crippen molar-refractivity contribution in [2.45, 2.75) is 19.9 Å². The highest BCUT2D eigenvalue weighted by molar-refractivity contribution is 14.0. The Balaban J connectivity index is 0.00000280. The largest absolute Gasteiger partial charge is 0.497 e. The van der Waals surface area contributed by atoms with Gasteiger partial charge in [0.1, 0.15) is 5.75 Å². The fraction of sp³-hybridized carbons (Fsp3) is 0.273. The minimum absolute atomic E-state index is 0. The highest BCUT2D eigenvalue weighted by atomic mass is 127. The number of hydrogen-bond acceptors (Lipinski definition) is 3. The number of hydrogen-bond donors (Lipinski definition) is 2. The Hall–Kier alpha value is -2.35. The normalized spacial score (nSPS) is 11.0. The number of aliphatic imine (C=N–C) groups is 1. The third kappa shape index (κ3) is 6.09. The third-order valence-corrected chi connectivity index (χ3v) is 4.36. The second-order valence-corrected chi connectivity index (χ2v) is 6.21. The van der Waals surface area contributed by atoms with Crippen LogP contribution in [0.3, 0.4) is 0 Å². The van der Waals surface area contributed by atoms with Crippen LogP contribution in [0.25, 0.3) is 10.9 Å². The van der Waals surface area contributed by atoms with E-state index in [1.54, 1.807) is 7.11 Å². The van der Waals surface area contributed by atoms with Gasteiger partial charge in [-0.2, -0.15) is 0 Å². The number of fused-ring (bicyclic) bond motifs is 1. The van der Waals surface area contributed by atoms with Gasteiger partial charge in [0.05, 0.1) is 19.2 Å². The SMILES string of the molecule is CCNC(=NCc1ccnc2ccccc12)NCCc1ccc(OC)cc1.I. The topological polar surface area (TPSA) is 58.5 Å². The molecule has 1 heterocycles.